The highest BCUT2D eigenvalue weighted by Gasteiger charge is 2.12. The van der Waals surface area contributed by atoms with E-state index in [9.17, 15) is 0 Å². The molecule has 2 N–H and O–H groups in total. The maximum Gasteiger partial charge on any atom is 0.0429 e. The molecule has 0 heterocycles. The molecule has 0 fully saturated rings. The molecule has 0 saturated carbocycles. The van der Waals surface area contributed by atoms with Crippen LogP contribution in [0.5, 0.6) is 0 Å². The monoisotopic (exact) mass is 214 g/mol. The molecule has 0 saturated heterocycles. The maximum atomic E-state index is 7.32. The molecule has 1 aliphatic carbocycles. The highest BCUT2D eigenvalue weighted by Crippen LogP contribution is 2.30. The molecule has 1 unspecified atom stereocenters. The third-order valence-electron chi connectivity index (χ3n) is 3.18. The molecule has 0 spiro atoms. The highest BCUT2D eigenvalue weighted by molar-refractivity contribution is 5.86. The first-order chi connectivity index (χ1) is 7.85. The number of rotatable bonds is 3. The summed E-state index contributed by atoms with van der Waals surface area (Å²) in [6, 6.07) is 6.33. The molecule has 0 aromatic heterocycles. The van der Waals surface area contributed by atoms with Crippen molar-refractivity contribution in [2.75, 3.05) is 12.4 Å². The SMILES string of the molecule is CNc1cc(C2C=CCCC2)ccc1C=N. The predicted octanol–water partition coefficient (Wildman–Crippen LogP) is 3.55. The summed E-state index contributed by atoms with van der Waals surface area (Å²) in [6.07, 6.45) is 9.71. The van der Waals surface area contributed by atoms with Crippen LogP contribution < -0.4 is 5.32 Å². The van der Waals surface area contributed by atoms with Crippen LogP contribution in [0.15, 0.2) is 30.4 Å². The van der Waals surface area contributed by atoms with Crippen LogP contribution in [0.2, 0.25) is 0 Å². The number of allylic oxidation sites excluding steroid dienone is 2. The van der Waals surface area contributed by atoms with Crippen molar-refractivity contribution >= 4 is 11.9 Å². The molecule has 0 bridgehead atoms. The van der Waals surface area contributed by atoms with Gasteiger partial charge < -0.3 is 10.7 Å². The summed E-state index contributed by atoms with van der Waals surface area (Å²) in [5, 5.41) is 10.5. The van der Waals surface area contributed by atoms with E-state index < -0.39 is 0 Å². The minimum atomic E-state index is 0.556. The molecule has 0 amide bonds. The number of benzene rings is 1. The summed E-state index contributed by atoms with van der Waals surface area (Å²) < 4.78 is 0. The zero-order chi connectivity index (χ0) is 11.4. The van der Waals surface area contributed by atoms with Crippen LogP contribution in [0, 0.1) is 5.41 Å². The zero-order valence-electron chi connectivity index (χ0n) is 9.66. The summed E-state index contributed by atoms with van der Waals surface area (Å²) in [5.41, 5.74) is 3.35. The number of hydrogen-bond donors (Lipinski definition) is 2. The van der Waals surface area contributed by atoms with Gasteiger partial charge in [-0.1, -0.05) is 24.3 Å². The average Bonchev–Trinajstić information content (AvgIpc) is 2.39. The van der Waals surface area contributed by atoms with Crippen molar-refractivity contribution < 1.29 is 0 Å². The van der Waals surface area contributed by atoms with Crippen molar-refractivity contribution in [3.63, 3.8) is 0 Å². The average molecular weight is 214 g/mol. The number of anilines is 1. The molecule has 1 atom stereocenters. The Labute approximate surface area is 96.9 Å². The summed E-state index contributed by atoms with van der Waals surface area (Å²) in [5.74, 6) is 0.556. The minimum absolute atomic E-state index is 0.556. The molecular weight excluding hydrogens is 196 g/mol. The maximum absolute atomic E-state index is 7.32. The van der Waals surface area contributed by atoms with Gasteiger partial charge >= 0.3 is 0 Å². The molecule has 2 rings (SSSR count). The van der Waals surface area contributed by atoms with Crippen molar-refractivity contribution in [2.45, 2.75) is 25.2 Å². The van der Waals surface area contributed by atoms with Gasteiger partial charge in [0.1, 0.15) is 0 Å². The Morgan fingerprint density at radius 1 is 1.44 bits per heavy atom. The molecule has 1 aliphatic rings. The standard InChI is InChI=1S/C14H18N2/c1-16-14-9-12(7-8-13(14)10-15)11-5-3-2-4-6-11/h3,5,7-11,15-16H,2,4,6H2,1H3. The van der Waals surface area contributed by atoms with Gasteiger partial charge in [-0.15, -0.1) is 0 Å². The quantitative estimate of drug-likeness (QED) is 0.586. The third-order valence-corrected chi connectivity index (χ3v) is 3.18. The second kappa shape index (κ2) is 4.97. The molecule has 84 valence electrons. The van der Waals surface area contributed by atoms with E-state index in [4.69, 9.17) is 5.41 Å². The van der Waals surface area contributed by atoms with Crippen LogP contribution in [0.1, 0.15) is 36.3 Å². The molecule has 1 aromatic carbocycles. The van der Waals surface area contributed by atoms with Gasteiger partial charge in [0.25, 0.3) is 0 Å². The highest BCUT2D eigenvalue weighted by atomic mass is 14.8. The smallest absolute Gasteiger partial charge is 0.0429 e. The van der Waals surface area contributed by atoms with Gasteiger partial charge in [-0.2, -0.15) is 0 Å². The first-order valence-corrected chi connectivity index (χ1v) is 5.84. The lowest BCUT2D eigenvalue weighted by Gasteiger charge is -2.18. The summed E-state index contributed by atoms with van der Waals surface area (Å²) in [4.78, 5) is 0. The summed E-state index contributed by atoms with van der Waals surface area (Å²) >= 11 is 0. The zero-order valence-corrected chi connectivity index (χ0v) is 9.66. The predicted molar refractivity (Wildman–Crippen MR) is 69.6 cm³/mol. The van der Waals surface area contributed by atoms with Gasteiger partial charge in [0.2, 0.25) is 0 Å². The van der Waals surface area contributed by atoms with E-state index in [0.29, 0.717) is 5.92 Å². The first kappa shape index (κ1) is 10.9. The van der Waals surface area contributed by atoms with Crippen molar-refractivity contribution in [1.29, 1.82) is 5.41 Å². The van der Waals surface area contributed by atoms with Gasteiger partial charge in [0.15, 0.2) is 0 Å². The fraction of sp³-hybridized carbons (Fsp3) is 0.357. The second-order valence-corrected chi connectivity index (χ2v) is 4.21. The second-order valence-electron chi connectivity index (χ2n) is 4.21. The van der Waals surface area contributed by atoms with E-state index >= 15 is 0 Å². The molecule has 0 radical (unpaired) electrons. The summed E-state index contributed by atoms with van der Waals surface area (Å²) in [7, 11) is 1.91. The molecule has 2 heteroatoms. The first-order valence-electron chi connectivity index (χ1n) is 5.84. The largest absolute Gasteiger partial charge is 0.388 e. The van der Waals surface area contributed by atoms with Crippen LogP contribution in [0.25, 0.3) is 0 Å². The summed E-state index contributed by atoms with van der Waals surface area (Å²) in [6.45, 7) is 0. The van der Waals surface area contributed by atoms with E-state index in [1.165, 1.54) is 31.0 Å². The fourth-order valence-corrected chi connectivity index (χ4v) is 2.24. The lowest BCUT2D eigenvalue weighted by Crippen LogP contribution is -2.02. The van der Waals surface area contributed by atoms with Gasteiger partial charge in [-0.05, 0) is 30.9 Å². The van der Waals surface area contributed by atoms with Crippen LogP contribution >= 0.6 is 0 Å². The van der Waals surface area contributed by atoms with E-state index in [0.717, 1.165) is 11.3 Å². The Morgan fingerprint density at radius 2 is 2.31 bits per heavy atom. The molecule has 16 heavy (non-hydrogen) atoms. The third kappa shape index (κ3) is 2.16. The molecule has 0 aliphatic heterocycles. The molecule has 1 aromatic rings. The lowest BCUT2D eigenvalue weighted by atomic mass is 9.88. The van der Waals surface area contributed by atoms with Gasteiger partial charge in [0, 0.05) is 30.4 Å². The number of nitrogens with one attached hydrogen (secondary N) is 2. The van der Waals surface area contributed by atoms with E-state index in [2.05, 4.69) is 29.6 Å². The van der Waals surface area contributed by atoms with Crippen LogP contribution in [0.3, 0.4) is 0 Å². The normalized spacial score (nSPS) is 19.4. The van der Waals surface area contributed by atoms with Gasteiger partial charge in [-0.25, -0.2) is 0 Å². The Kier molecular flexibility index (Phi) is 3.40. The van der Waals surface area contributed by atoms with Crippen molar-refractivity contribution in [2.24, 2.45) is 0 Å². The topological polar surface area (TPSA) is 35.9 Å². The van der Waals surface area contributed by atoms with Crippen LogP contribution in [0.4, 0.5) is 5.69 Å². The van der Waals surface area contributed by atoms with Gasteiger partial charge in [0.05, 0.1) is 0 Å². The van der Waals surface area contributed by atoms with E-state index in [1.54, 1.807) is 0 Å². The lowest BCUT2D eigenvalue weighted by molar-refractivity contribution is 0.654. The van der Waals surface area contributed by atoms with E-state index in [1.807, 2.05) is 13.1 Å². The van der Waals surface area contributed by atoms with Crippen molar-refractivity contribution in [1.82, 2.24) is 0 Å². The van der Waals surface area contributed by atoms with Crippen LogP contribution in [-0.2, 0) is 0 Å². The van der Waals surface area contributed by atoms with Gasteiger partial charge in [-0.3, -0.25) is 0 Å². The Balaban J connectivity index is 2.31. The Bertz CT molecular complexity index is 407. The molecular formula is C14H18N2. The van der Waals surface area contributed by atoms with Crippen LogP contribution in [-0.4, -0.2) is 13.3 Å². The van der Waals surface area contributed by atoms with E-state index in [-0.39, 0.29) is 0 Å². The Morgan fingerprint density at radius 3 is 2.94 bits per heavy atom. The Hall–Kier alpha value is -1.57. The van der Waals surface area contributed by atoms with Crippen molar-refractivity contribution in [3.8, 4) is 0 Å². The minimum Gasteiger partial charge on any atom is -0.388 e. The fourth-order valence-electron chi connectivity index (χ4n) is 2.24. The molecule has 2 nitrogen and oxygen atoms in total. The number of hydrogen-bond acceptors (Lipinski definition) is 2. The van der Waals surface area contributed by atoms with Crippen molar-refractivity contribution in [3.05, 3.63) is 41.5 Å².